The summed E-state index contributed by atoms with van der Waals surface area (Å²) in [6, 6.07) is 6.45. The largest absolute Gasteiger partial charge is 0.324 e. The van der Waals surface area contributed by atoms with Crippen molar-refractivity contribution < 1.29 is 0 Å². The molecule has 1 aromatic rings. The van der Waals surface area contributed by atoms with Gasteiger partial charge in [0.1, 0.15) is 0 Å². The smallest absolute Gasteiger partial charge is 0.0488 e. The first-order valence-corrected chi connectivity index (χ1v) is 4.98. The van der Waals surface area contributed by atoms with Crippen LogP contribution < -0.4 is 11.3 Å². The van der Waals surface area contributed by atoms with Crippen molar-refractivity contribution >= 4 is 5.69 Å². The molecule has 2 nitrogen and oxygen atoms in total. The molecule has 0 saturated heterocycles. The molecule has 0 unspecified atom stereocenters. The van der Waals surface area contributed by atoms with E-state index in [1.165, 1.54) is 43.2 Å². The number of hydrogen-bond acceptors (Lipinski definition) is 2. The SMILES string of the molecule is NNc1ccc2c(c1)CCCCC2. The molecule has 0 aliphatic heterocycles. The summed E-state index contributed by atoms with van der Waals surface area (Å²) >= 11 is 0. The molecular weight excluding hydrogens is 160 g/mol. The number of hydrogen-bond donors (Lipinski definition) is 2. The van der Waals surface area contributed by atoms with Crippen molar-refractivity contribution in [2.45, 2.75) is 32.1 Å². The number of nitrogens with two attached hydrogens (primary N) is 1. The number of benzene rings is 1. The third-order valence-electron chi connectivity index (χ3n) is 2.77. The molecule has 0 bridgehead atoms. The van der Waals surface area contributed by atoms with Crippen LogP contribution >= 0.6 is 0 Å². The Morgan fingerprint density at radius 2 is 1.77 bits per heavy atom. The van der Waals surface area contributed by atoms with Crippen molar-refractivity contribution in [1.82, 2.24) is 0 Å². The van der Waals surface area contributed by atoms with E-state index in [9.17, 15) is 0 Å². The van der Waals surface area contributed by atoms with Crippen LogP contribution in [0.3, 0.4) is 0 Å². The monoisotopic (exact) mass is 176 g/mol. The number of nitrogens with one attached hydrogen (secondary N) is 1. The van der Waals surface area contributed by atoms with Gasteiger partial charge in [0.2, 0.25) is 0 Å². The van der Waals surface area contributed by atoms with Crippen LogP contribution in [-0.4, -0.2) is 0 Å². The summed E-state index contributed by atoms with van der Waals surface area (Å²) in [5.74, 6) is 5.37. The van der Waals surface area contributed by atoms with E-state index in [4.69, 9.17) is 5.84 Å². The Balaban J connectivity index is 2.32. The Hall–Kier alpha value is -1.02. The summed E-state index contributed by atoms with van der Waals surface area (Å²) in [7, 11) is 0. The van der Waals surface area contributed by atoms with Gasteiger partial charge in [-0.05, 0) is 48.9 Å². The Bertz CT molecular complexity index is 294. The van der Waals surface area contributed by atoms with E-state index >= 15 is 0 Å². The second-order valence-electron chi connectivity index (χ2n) is 3.69. The van der Waals surface area contributed by atoms with Gasteiger partial charge in [0, 0.05) is 5.69 Å². The molecule has 2 rings (SSSR count). The Labute approximate surface area is 79.1 Å². The molecule has 1 aliphatic rings. The van der Waals surface area contributed by atoms with Crippen LogP contribution in [0.5, 0.6) is 0 Å². The summed E-state index contributed by atoms with van der Waals surface area (Å²) < 4.78 is 0. The molecule has 0 aromatic heterocycles. The van der Waals surface area contributed by atoms with Crippen molar-refractivity contribution in [3.63, 3.8) is 0 Å². The van der Waals surface area contributed by atoms with E-state index in [1.807, 2.05) is 0 Å². The topological polar surface area (TPSA) is 38.0 Å². The minimum atomic E-state index is 1.03. The molecule has 70 valence electrons. The Morgan fingerprint density at radius 3 is 2.54 bits per heavy atom. The number of anilines is 1. The highest BCUT2D eigenvalue weighted by atomic mass is 15.2. The summed E-state index contributed by atoms with van der Waals surface area (Å²) in [5.41, 5.74) is 6.72. The first kappa shape index (κ1) is 8.57. The molecule has 0 heterocycles. The summed E-state index contributed by atoms with van der Waals surface area (Å²) in [4.78, 5) is 0. The van der Waals surface area contributed by atoms with E-state index in [-0.39, 0.29) is 0 Å². The predicted octanol–water partition coefficient (Wildman–Crippen LogP) is 2.24. The Morgan fingerprint density at radius 1 is 1.00 bits per heavy atom. The molecule has 2 heteroatoms. The van der Waals surface area contributed by atoms with Crippen LogP contribution in [0.25, 0.3) is 0 Å². The summed E-state index contributed by atoms with van der Waals surface area (Å²) in [5, 5.41) is 0. The van der Waals surface area contributed by atoms with Crippen molar-refractivity contribution in [3.8, 4) is 0 Å². The molecule has 0 spiro atoms. The molecular formula is C11H16N2. The van der Waals surface area contributed by atoms with Gasteiger partial charge in [0.25, 0.3) is 0 Å². The van der Waals surface area contributed by atoms with Gasteiger partial charge in [-0.1, -0.05) is 12.5 Å². The zero-order chi connectivity index (χ0) is 9.10. The van der Waals surface area contributed by atoms with Gasteiger partial charge in [-0.2, -0.15) is 0 Å². The molecule has 13 heavy (non-hydrogen) atoms. The fourth-order valence-electron chi connectivity index (χ4n) is 2.00. The summed E-state index contributed by atoms with van der Waals surface area (Å²) in [6.45, 7) is 0. The number of aryl methyl sites for hydroxylation is 2. The third kappa shape index (κ3) is 1.83. The van der Waals surface area contributed by atoms with Crippen molar-refractivity contribution in [2.75, 3.05) is 5.43 Å². The third-order valence-corrected chi connectivity index (χ3v) is 2.77. The lowest BCUT2D eigenvalue weighted by molar-refractivity contribution is 0.711. The summed E-state index contributed by atoms with van der Waals surface area (Å²) in [6.07, 6.45) is 6.47. The maximum atomic E-state index is 5.37. The average Bonchev–Trinajstić information content (AvgIpc) is 2.41. The quantitative estimate of drug-likeness (QED) is 0.391. The van der Waals surface area contributed by atoms with Crippen molar-refractivity contribution in [3.05, 3.63) is 29.3 Å². The highest BCUT2D eigenvalue weighted by molar-refractivity contribution is 5.48. The normalized spacial score (nSPS) is 16.1. The van der Waals surface area contributed by atoms with Crippen LogP contribution in [0.15, 0.2) is 18.2 Å². The highest BCUT2D eigenvalue weighted by Crippen LogP contribution is 2.23. The number of fused-ring (bicyclic) bond motifs is 1. The van der Waals surface area contributed by atoms with Gasteiger partial charge in [-0.25, -0.2) is 0 Å². The van der Waals surface area contributed by atoms with E-state index in [0.29, 0.717) is 0 Å². The van der Waals surface area contributed by atoms with Crippen molar-refractivity contribution in [2.24, 2.45) is 5.84 Å². The fourth-order valence-corrected chi connectivity index (χ4v) is 2.00. The maximum absolute atomic E-state index is 5.37. The van der Waals surface area contributed by atoms with Gasteiger partial charge in [0.15, 0.2) is 0 Å². The molecule has 0 fully saturated rings. The molecule has 3 N–H and O–H groups in total. The zero-order valence-corrected chi connectivity index (χ0v) is 7.84. The fraction of sp³-hybridized carbons (Fsp3) is 0.455. The standard InChI is InChI=1S/C11H16N2/c12-13-11-7-6-9-4-2-1-3-5-10(9)8-11/h6-8,13H,1-5,12H2. The molecule has 0 saturated carbocycles. The van der Waals surface area contributed by atoms with Gasteiger partial charge < -0.3 is 5.43 Å². The van der Waals surface area contributed by atoms with Crippen LogP contribution in [0.2, 0.25) is 0 Å². The van der Waals surface area contributed by atoms with E-state index < -0.39 is 0 Å². The maximum Gasteiger partial charge on any atom is 0.0488 e. The predicted molar refractivity (Wildman–Crippen MR) is 55.5 cm³/mol. The van der Waals surface area contributed by atoms with Crippen LogP contribution in [-0.2, 0) is 12.8 Å². The highest BCUT2D eigenvalue weighted by Gasteiger charge is 2.07. The van der Waals surface area contributed by atoms with Crippen molar-refractivity contribution in [1.29, 1.82) is 0 Å². The van der Waals surface area contributed by atoms with Gasteiger partial charge in [-0.3, -0.25) is 5.84 Å². The second-order valence-corrected chi connectivity index (χ2v) is 3.69. The molecule has 1 aliphatic carbocycles. The second kappa shape index (κ2) is 3.79. The van der Waals surface area contributed by atoms with Crippen LogP contribution in [0.1, 0.15) is 30.4 Å². The van der Waals surface area contributed by atoms with Gasteiger partial charge in [-0.15, -0.1) is 0 Å². The lowest BCUT2D eigenvalue weighted by Gasteiger charge is -2.07. The number of nitrogen functional groups attached to an aromatic ring is 1. The van der Waals surface area contributed by atoms with E-state index in [1.54, 1.807) is 0 Å². The zero-order valence-electron chi connectivity index (χ0n) is 7.84. The van der Waals surface area contributed by atoms with Gasteiger partial charge in [0.05, 0.1) is 0 Å². The van der Waals surface area contributed by atoms with Crippen LogP contribution in [0, 0.1) is 0 Å². The Kier molecular flexibility index (Phi) is 2.50. The minimum Gasteiger partial charge on any atom is -0.324 e. The van der Waals surface area contributed by atoms with E-state index in [2.05, 4.69) is 23.6 Å². The lowest BCUT2D eigenvalue weighted by atomic mass is 10.0. The molecule has 0 atom stereocenters. The first-order valence-electron chi connectivity index (χ1n) is 4.98. The van der Waals surface area contributed by atoms with Crippen LogP contribution in [0.4, 0.5) is 5.69 Å². The number of hydrazine groups is 1. The molecule has 0 amide bonds. The minimum absolute atomic E-state index is 1.03. The molecule has 0 radical (unpaired) electrons. The molecule has 1 aromatic carbocycles. The first-order chi connectivity index (χ1) is 6.40. The average molecular weight is 176 g/mol. The van der Waals surface area contributed by atoms with Gasteiger partial charge >= 0.3 is 0 Å². The lowest BCUT2D eigenvalue weighted by Crippen LogP contribution is -2.07. The van der Waals surface area contributed by atoms with E-state index in [0.717, 1.165) is 5.69 Å². The number of rotatable bonds is 1.